The Bertz CT molecular complexity index is 622. The molecule has 1 aromatic carbocycles. The number of nitrogens with zero attached hydrogens (tertiary/aromatic N) is 2. The molecule has 5 nitrogen and oxygen atoms in total. The van der Waals surface area contributed by atoms with E-state index in [1.165, 1.54) is 0 Å². The van der Waals surface area contributed by atoms with Crippen molar-refractivity contribution in [2.75, 3.05) is 11.4 Å². The Hall–Kier alpha value is -2.17. The normalized spacial score (nSPS) is 15.3. The fourth-order valence-corrected chi connectivity index (χ4v) is 2.42. The van der Waals surface area contributed by atoms with Crippen molar-refractivity contribution in [2.24, 2.45) is 0 Å². The van der Waals surface area contributed by atoms with Crippen molar-refractivity contribution in [1.82, 2.24) is 4.90 Å². The van der Waals surface area contributed by atoms with Gasteiger partial charge in [-0.15, -0.1) is 0 Å². The van der Waals surface area contributed by atoms with E-state index in [0.717, 1.165) is 32.9 Å². The van der Waals surface area contributed by atoms with Crippen molar-refractivity contribution < 1.29 is 14.4 Å². The van der Waals surface area contributed by atoms with Crippen molar-refractivity contribution in [3.63, 3.8) is 0 Å². The van der Waals surface area contributed by atoms with Crippen molar-refractivity contribution in [3.05, 3.63) is 28.8 Å². The van der Waals surface area contributed by atoms with E-state index in [4.69, 9.17) is 0 Å². The summed E-state index contributed by atoms with van der Waals surface area (Å²) in [5.74, 6) is -1.49. The summed E-state index contributed by atoms with van der Waals surface area (Å²) < 4.78 is 0. The molecule has 5 heteroatoms. The Morgan fingerprint density at radius 1 is 0.905 bits per heavy atom. The van der Waals surface area contributed by atoms with Gasteiger partial charge in [0.1, 0.15) is 0 Å². The van der Waals surface area contributed by atoms with Gasteiger partial charge in [0.25, 0.3) is 0 Å². The predicted octanol–water partition coefficient (Wildman–Crippen LogP) is 2.71. The first-order valence-electron chi connectivity index (χ1n) is 7.16. The van der Waals surface area contributed by atoms with Crippen LogP contribution in [0, 0.1) is 20.8 Å². The maximum atomic E-state index is 12.4. The third kappa shape index (κ3) is 2.55. The number of benzene rings is 1. The molecule has 1 fully saturated rings. The number of urea groups is 1. The summed E-state index contributed by atoms with van der Waals surface area (Å²) in [7, 11) is 0. The van der Waals surface area contributed by atoms with Crippen LogP contribution in [0.15, 0.2) is 12.1 Å². The van der Waals surface area contributed by atoms with Gasteiger partial charge < -0.3 is 0 Å². The van der Waals surface area contributed by atoms with E-state index in [1.54, 1.807) is 6.07 Å². The van der Waals surface area contributed by atoms with Crippen molar-refractivity contribution in [3.8, 4) is 0 Å². The van der Waals surface area contributed by atoms with E-state index < -0.39 is 17.8 Å². The molecule has 1 heterocycles. The summed E-state index contributed by atoms with van der Waals surface area (Å²) in [5.41, 5.74) is 3.38. The number of rotatable bonds is 4. The summed E-state index contributed by atoms with van der Waals surface area (Å²) in [5, 5.41) is 0. The highest BCUT2D eigenvalue weighted by molar-refractivity contribution is 6.52. The van der Waals surface area contributed by atoms with Crippen LogP contribution in [-0.2, 0) is 9.59 Å². The molecule has 0 saturated carbocycles. The number of hydrogen-bond acceptors (Lipinski definition) is 3. The fraction of sp³-hybridized carbons (Fsp3) is 0.438. The van der Waals surface area contributed by atoms with E-state index in [2.05, 4.69) is 0 Å². The minimum absolute atomic E-state index is 0.292. The fourth-order valence-electron chi connectivity index (χ4n) is 2.42. The molecule has 0 radical (unpaired) electrons. The standard InChI is InChI=1S/C16H20N2O3/c1-5-6-7-17-14(19)15(20)18(16(17)21)13-9-11(3)10(2)8-12(13)4/h8-9H,5-7H2,1-4H3. The maximum absolute atomic E-state index is 12.4. The number of imide groups is 2. The molecule has 0 atom stereocenters. The van der Waals surface area contributed by atoms with Crippen LogP contribution in [0.2, 0.25) is 0 Å². The van der Waals surface area contributed by atoms with Gasteiger partial charge in [-0.25, -0.2) is 9.69 Å². The molecule has 0 N–H and O–H groups in total. The van der Waals surface area contributed by atoms with E-state index in [0.29, 0.717) is 18.7 Å². The van der Waals surface area contributed by atoms with Gasteiger partial charge in [0.15, 0.2) is 0 Å². The molecule has 0 aliphatic carbocycles. The number of unbranched alkanes of at least 4 members (excludes halogenated alkanes) is 1. The zero-order valence-corrected chi connectivity index (χ0v) is 12.9. The van der Waals surface area contributed by atoms with Gasteiger partial charge in [0.05, 0.1) is 5.69 Å². The Balaban J connectivity index is 2.41. The second-order valence-corrected chi connectivity index (χ2v) is 5.46. The third-order valence-electron chi connectivity index (χ3n) is 3.84. The molecule has 1 aliphatic rings. The summed E-state index contributed by atoms with van der Waals surface area (Å²) in [6, 6.07) is 3.17. The summed E-state index contributed by atoms with van der Waals surface area (Å²) in [6.45, 7) is 7.98. The second-order valence-electron chi connectivity index (χ2n) is 5.46. The Kier molecular flexibility index (Phi) is 4.11. The van der Waals surface area contributed by atoms with Crippen molar-refractivity contribution >= 4 is 23.5 Å². The first-order valence-corrected chi connectivity index (χ1v) is 7.16. The smallest absolute Gasteiger partial charge is 0.263 e. The molecule has 1 saturated heterocycles. The first-order chi connectivity index (χ1) is 9.88. The number of aryl methyl sites for hydroxylation is 3. The highest BCUT2D eigenvalue weighted by atomic mass is 16.2. The highest BCUT2D eigenvalue weighted by Crippen LogP contribution is 2.28. The molecule has 0 unspecified atom stereocenters. The highest BCUT2D eigenvalue weighted by Gasteiger charge is 2.45. The van der Waals surface area contributed by atoms with Gasteiger partial charge in [-0.1, -0.05) is 19.4 Å². The lowest BCUT2D eigenvalue weighted by Crippen LogP contribution is -2.34. The predicted molar refractivity (Wildman–Crippen MR) is 80.2 cm³/mol. The Labute approximate surface area is 124 Å². The van der Waals surface area contributed by atoms with E-state index in [1.807, 2.05) is 33.8 Å². The average molecular weight is 288 g/mol. The van der Waals surface area contributed by atoms with E-state index >= 15 is 0 Å². The second kappa shape index (κ2) is 5.68. The molecular weight excluding hydrogens is 268 g/mol. The van der Waals surface area contributed by atoms with Crippen LogP contribution in [0.4, 0.5) is 10.5 Å². The van der Waals surface area contributed by atoms with E-state index in [9.17, 15) is 14.4 Å². The molecule has 0 bridgehead atoms. The molecule has 112 valence electrons. The van der Waals surface area contributed by atoms with Crippen LogP contribution >= 0.6 is 0 Å². The van der Waals surface area contributed by atoms with Crippen molar-refractivity contribution in [1.29, 1.82) is 0 Å². The largest absolute Gasteiger partial charge is 0.338 e. The number of amides is 4. The molecule has 4 amide bonds. The molecule has 0 aromatic heterocycles. The third-order valence-corrected chi connectivity index (χ3v) is 3.84. The molecule has 21 heavy (non-hydrogen) atoms. The molecule has 0 spiro atoms. The summed E-state index contributed by atoms with van der Waals surface area (Å²) in [6.07, 6.45) is 1.55. The molecular formula is C16H20N2O3. The van der Waals surface area contributed by atoms with Crippen molar-refractivity contribution in [2.45, 2.75) is 40.5 Å². The molecule has 2 rings (SSSR count). The Morgan fingerprint density at radius 2 is 1.52 bits per heavy atom. The summed E-state index contributed by atoms with van der Waals surface area (Å²) in [4.78, 5) is 38.6. The lowest BCUT2D eigenvalue weighted by Gasteiger charge is -2.18. The zero-order valence-electron chi connectivity index (χ0n) is 12.9. The van der Waals surface area contributed by atoms with Gasteiger partial charge in [0, 0.05) is 6.54 Å². The van der Waals surface area contributed by atoms with Gasteiger partial charge in [0.2, 0.25) is 0 Å². The first kappa shape index (κ1) is 15.2. The number of carbonyl (C=O) groups is 3. The SMILES string of the molecule is CCCCN1C(=O)C(=O)N(c2cc(C)c(C)cc2C)C1=O. The van der Waals surface area contributed by atoms with Crippen LogP contribution in [0.5, 0.6) is 0 Å². The van der Waals surface area contributed by atoms with E-state index in [-0.39, 0.29) is 0 Å². The van der Waals surface area contributed by atoms with Gasteiger partial charge in [-0.2, -0.15) is 0 Å². The van der Waals surface area contributed by atoms with Gasteiger partial charge >= 0.3 is 17.8 Å². The lowest BCUT2D eigenvalue weighted by atomic mass is 10.0. The maximum Gasteiger partial charge on any atom is 0.338 e. The monoisotopic (exact) mass is 288 g/mol. The number of anilines is 1. The summed E-state index contributed by atoms with van der Waals surface area (Å²) >= 11 is 0. The van der Waals surface area contributed by atoms with Crippen LogP contribution in [0.3, 0.4) is 0 Å². The molecule has 1 aliphatic heterocycles. The zero-order chi connectivity index (χ0) is 15.7. The van der Waals surface area contributed by atoms with Gasteiger partial charge in [-0.05, 0) is 49.9 Å². The minimum atomic E-state index is -0.762. The topological polar surface area (TPSA) is 57.7 Å². The minimum Gasteiger partial charge on any atom is -0.263 e. The number of carbonyl (C=O) groups excluding carboxylic acids is 3. The molecule has 1 aromatic rings. The average Bonchev–Trinajstić information content (AvgIpc) is 2.64. The van der Waals surface area contributed by atoms with Crippen LogP contribution in [0.1, 0.15) is 36.5 Å². The number of hydrogen-bond donors (Lipinski definition) is 0. The van der Waals surface area contributed by atoms with Crippen LogP contribution < -0.4 is 4.90 Å². The Morgan fingerprint density at radius 3 is 2.14 bits per heavy atom. The lowest BCUT2D eigenvalue weighted by molar-refractivity contribution is -0.139. The quantitative estimate of drug-likeness (QED) is 0.632. The van der Waals surface area contributed by atoms with Crippen LogP contribution in [-0.4, -0.2) is 29.3 Å². The van der Waals surface area contributed by atoms with Crippen LogP contribution in [0.25, 0.3) is 0 Å². The van der Waals surface area contributed by atoms with Gasteiger partial charge in [-0.3, -0.25) is 14.5 Å².